The molecule has 1 atom stereocenters. The van der Waals surface area contributed by atoms with Gasteiger partial charge in [-0.25, -0.2) is 4.79 Å². The molecule has 0 fully saturated rings. The zero-order valence-electron chi connectivity index (χ0n) is 7.66. The summed E-state index contributed by atoms with van der Waals surface area (Å²) < 4.78 is 4.84. The highest BCUT2D eigenvalue weighted by molar-refractivity contribution is 6.34. The van der Waals surface area contributed by atoms with E-state index in [1.54, 1.807) is 6.07 Å². The number of aliphatic hydroxyl groups excluding tert-OH is 1. The van der Waals surface area contributed by atoms with Crippen LogP contribution in [0.25, 0.3) is 11.1 Å². The second kappa shape index (κ2) is 3.69. The van der Waals surface area contributed by atoms with Crippen molar-refractivity contribution in [1.29, 1.82) is 0 Å². The van der Waals surface area contributed by atoms with Gasteiger partial charge in [0.15, 0.2) is 5.58 Å². The van der Waals surface area contributed by atoms with Crippen molar-refractivity contribution in [3.8, 4) is 0 Å². The number of nitrogens with one attached hydrogen (secondary N) is 1. The van der Waals surface area contributed by atoms with Crippen LogP contribution in [0.4, 0.5) is 0 Å². The number of halogens is 1. The topological polar surface area (TPSA) is 92.2 Å². The number of aliphatic hydroxyl groups is 1. The van der Waals surface area contributed by atoms with E-state index in [0.29, 0.717) is 21.7 Å². The molecule has 15 heavy (non-hydrogen) atoms. The summed E-state index contributed by atoms with van der Waals surface area (Å²) in [6.07, 6.45) is -0.813. The summed E-state index contributed by atoms with van der Waals surface area (Å²) in [7, 11) is 0. The standard InChI is InChI=1S/C9H9ClN2O3/c10-5-1-4(6(13)3-11)2-7-8(5)12-9(14)15-7/h1-2,6,13H,3,11H2,(H,12,14)/t6-/m1/s1. The molecule has 0 bridgehead atoms. The van der Waals surface area contributed by atoms with Crippen molar-refractivity contribution >= 4 is 22.7 Å². The molecule has 4 N–H and O–H groups in total. The van der Waals surface area contributed by atoms with Crippen LogP contribution in [0.1, 0.15) is 11.7 Å². The highest BCUT2D eigenvalue weighted by Gasteiger charge is 2.12. The van der Waals surface area contributed by atoms with Crippen LogP contribution in [-0.4, -0.2) is 16.6 Å². The van der Waals surface area contributed by atoms with E-state index in [0.717, 1.165) is 0 Å². The molecule has 0 aliphatic heterocycles. The number of hydrogen-bond acceptors (Lipinski definition) is 4. The molecule has 1 heterocycles. The van der Waals surface area contributed by atoms with Gasteiger partial charge in [0.1, 0.15) is 5.52 Å². The largest absolute Gasteiger partial charge is 0.417 e. The van der Waals surface area contributed by atoms with Crippen LogP contribution in [0.5, 0.6) is 0 Å². The molecule has 80 valence electrons. The molecule has 2 aromatic rings. The molecule has 0 unspecified atom stereocenters. The van der Waals surface area contributed by atoms with Gasteiger partial charge in [-0.05, 0) is 17.7 Å². The average Bonchev–Trinajstić information content (AvgIpc) is 2.58. The zero-order valence-corrected chi connectivity index (χ0v) is 8.41. The summed E-state index contributed by atoms with van der Waals surface area (Å²) in [4.78, 5) is 13.4. The molecule has 1 aromatic carbocycles. The smallest absolute Gasteiger partial charge is 0.408 e. The molecule has 1 aromatic heterocycles. The predicted molar refractivity (Wildman–Crippen MR) is 55.9 cm³/mol. The van der Waals surface area contributed by atoms with Gasteiger partial charge in [0.05, 0.1) is 11.1 Å². The highest BCUT2D eigenvalue weighted by atomic mass is 35.5. The van der Waals surface area contributed by atoms with Crippen molar-refractivity contribution in [2.24, 2.45) is 5.73 Å². The summed E-state index contributed by atoms with van der Waals surface area (Å²) in [6, 6.07) is 3.09. The third-order valence-electron chi connectivity index (χ3n) is 2.11. The van der Waals surface area contributed by atoms with Gasteiger partial charge in [0.2, 0.25) is 0 Å². The van der Waals surface area contributed by atoms with Crippen LogP contribution >= 0.6 is 11.6 Å². The van der Waals surface area contributed by atoms with Gasteiger partial charge >= 0.3 is 5.76 Å². The van der Waals surface area contributed by atoms with Gasteiger partial charge in [0, 0.05) is 6.54 Å². The van der Waals surface area contributed by atoms with Crippen molar-refractivity contribution in [3.05, 3.63) is 33.3 Å². The Morgan fingerprint density at radius 1 is 1.60 bits per heavy atom. The zero-order chi connectivity index (χ0) is 11.0. The van der Waals surface area contributed by atoms with Gasteiger partial charge < -0.3 is 15.3 Å². The van der Waals surface area contributed by atoms with Gasteiger partial charge in [-0.1, -0.05) is 11.6 Å². The van der Waals surface area contributed by atoms with Crippen molar-refractivity contribution in [1.82, 2.24) is 4.98 Å². The van der Waals surface area contributed by atoms with Crippen molar-refractivity contribution in [3.63, 3.8) is 0 Å². The third-order valence-corrected chi connectivity index (χ3v) is 2.41. The first kappa shape index (κ1) is 10.2. The Morgan fingerprint density at radius 3 is 3.00 bits per heavy atom. The number of oxazole rings is 1. The maximum absolute atomic E-state index is 10.9. The molecule has 0 saturated carbocycles. The molecule has 0 aliphatic rings. The van der Waals surface area contributed by atoms with Crippen LogP contribution in [0.15, 0.2) is 21.3 Å². The number of hydrogen-bond donors (Lipinski definition) is 3. The third kappa shape index (κ3) is 1.77. The molecule has 0 aliphatic carbocycles. The first-order chi connectivity index (χ1) is 7.11. The average molecular weight is 229 g/mol. The van der Waals surface area contributed by atoms with Crippen molar-refractivity contribution < 1.29 is 9.52 Å². The molecule has 6 heteroatoms. The monoisotopic (exact) mass is 228 g/mol. The summed E-state index contributed by atoms with van der Waals surface area (Å²) in [5, 5.41) is 9.83. The van der Waals surface area contributed by atoms with Gasteiger partial charge in [-0.3, -0.25) is 4.98 Å². The van der Waals surface area contributed by atoms with E-state index in [9.17, 15) is 9.90 Å². The lowest BCUT2D eigenvalue weighted by molar-refractivity contribution is 0.187. The van der Waals surface area contributed by atoms with Crippen LogP contribution in [0, 0.1) is 0 Å². The van der Waals surface area contributed by atoms with Crippen LogP contribution in [0.3, 0.4) is 0 Å². The number of nitrogens with two attached hydrogens (primary N) is 1. The normalized spacial score (nSPS) is 13.3. The quantitative estimate of drug-likeness (QED) is 0.708. The summed E-state index contributed by atoms with van der Waals surface area (Å²) in [5.41, 5.74) is 6.58. The van der Waals surface area contributed by atoms with E-state index in [2.05, 4.69) is 4.98 Å². The summed E-state index contributed by atoms with van der Waals surface area (Å²) in [6.45, 7) is 0.0799. The Hall–Kier alpha value is -1.30. The van der Waals surface area contributed by atoms with Crippen molar-refractivity contribution in [2.75, 3.05) is 6.54 Å². The SMILES string of the molecule is NC[C@@H](O)c1cc(Cl)c2[nH]c(=O)oc2c1. The minimum atomic E-state index is -0.813. The lowest BCUT2D eigenvalue weighted by atomic mass is 10.1. The summed E-state index contributed by atoms with van der Waals surface area (Å²) in [5.74, 6) is -0.578. The lowest BCUT2D eigenvalue weighted by Crippen LogP contribution is -2.11. The van der Waals surface area contributed by atoms with Gasteiger partial charge in [0.25, 0.3) is 0 Å². The molecule has 0 saturated heterocycles. The van der Waals surface area contributed by atoms with Crippen LogP contribution < -0.4 is 11.5 Å². The second-order valence-electron chi connectivity index (χ2n) is 3.14. The van der Waals surface area contributed by atoms with E-state index in [1.807, 2.05) is 0 Å². The second-order valence-corrected chi connectivity index (χ2v) is 3.55. The molecule has 0 amide bonds. The fourth-order valence-corrected chi connectivity index (χ4v) is 1.63. The fraction of sp³-hybridized carbons (Fsp3) is 0.222. The number of aromatic amines is 1. The Labute approximate surface area is 89.5 Å². The van der Waals surface area contributed by atoms with E-state index < -0.39 is 11.9 Å². The van der Waals surface area contributed by atoms with E-state index in [-0.39, 0.29) is 6.54 Å². The number of H-pyrrole nitrogens is 1. The molecule has 0 spiro atoms. The maximum atomic E-state index is 10.9. The minimum Gasteiger partial charge on any atom is -0.408 e. The Morgan fingerprint density at radius 2 is 2.33 bits per heavy atom. The molecular formula is C9H9ClN2O3. The lowest BCUT2D eigenvalue weighted by Gasteiger charge is -2.07. The summed E-state index contributed by atoms with van der Waals surface area (Å²) >= 11 is 5.89. The van der Waals surface area contributed by atoms with Gasteiger partial charge in [-0.15, -0.1) is 0 Å². The predicted octanol–water partition coefficient (Wildman–Crippen LogP) is 0.767. The molecular weight excluding hydrogens is 220 g/mol. The fourth-order valence-electron chi connectivity index (χ4n) is 1.36. The molecule has 5 nitrogen and oxygen atoms in total. The highest BCUT2D eigenvalue weighted by Crippen LogP contribution is 2.25. The Balaban J connectivity index is 2.66. The van der Waals surface area contributed by atoms with E-state index in [1.165, 1.54) is 6.07 Å². The van der Waals surface area contributed by atoms with E-state index in [4.69, 9.17) is 21.8 Å². The molecule has 0 radical (unpaired) electrons. The van der Waals surface area contributed by atoms with Crippen LogP contribution in [-0.2, 0) is 0 Å². The van der Waals surface area contributed by atoms with Crippen LogP contribution in [0.2, 0.25) is 5.02 Å². The van der Waals surface area contributed by atoms with E-state index >= 15 is 0 Å². The van der Waals surface area contributed by atoms with Gasteiger partial charge in [-0.2, -0.15) is 0 Å². The Kier molecular flexibility index (Phi) is 2.52. The number of fused-ring (bicyclic) bond motifs is 1. The van der Waals surface area contributed by atoms with Crippen molar-refractivity contribution in [2.45, 2.75) is 6.10 Å². The number of aromatic nitrogens is 1. The first-order valence-corrected chi connectivity index (χ1v) is 4.70. The number of benzene rings is 1. The first-order valence-electron chi connectivity index (χ1n) is 4.32. The minimum absolute atomic E-state index is 0.0799. The Bertz CT molecular complexity index is 546. The molecule has 2 rings (SSSR count). The number of rotatable bonds is 2. The maximum Gasteiger partial charge on any atom is 0.417 e.